The Balaban J connectivity index is 2.25. The van der Waals surface area contributed by atoms with Gasteiger partial charge in [0.15, 0.2) is 0 Å². The van der Waals surface area contributed by atoms with Crippen molar-refractivity contribution < 1.29 is 14.7 Å². The van der Waals surface area contributed by atoms with Crippen LogP contribution in [0.5, 0.6) is 0 Å². The molecule has 1 aromatic carbocycles. The minimum atomic E-state index is -1.12. The van der Waals surface area contributed by atoms with Crippen molar-refractivity contribution in [3.63, 3.8) is 0 Å². The summed E-state index contributed by atoms with van der Waals surface area (Å²) in [6, 6.07) is 5.45. The van der Waals surface area contributed by atoms with Crippen molar-refractivity contribution in [1.82, 2.24) is 5.32 Å². The number of hydrogen-bond acceptors (Lipinski definition) is 3. The molecule has 0 saturated carbocycles. The Labute approximate surface area is 129 Å². The molecule has 2 N–H and O–H groups in total. The van der Waals surface area contributed by atoms with E-state index in [4.69, 9.17) is 0 Å². The highest BCUT2D eigenvalue weighted by Crippen LogP contribution is 2.29. The summed E-state index contributed by atoms with van der Waals surface area (Å²) in [5.41, 5.74) is 0.311. The fourth-order valence-corrected chi connectivity index (χ4v) is 3.85. The molecule has 1 saturated heterocycles. The van der Waals surface area contributed by atoms with Crippen molar-refractivity contribution in [3.8, 4) is 0 Å². The van der Waals surface area contributed by atoms with Gasteiger partial charge in [-0.25, -0.2) is 4.79 Å². The van der Waals surface area contributed by atoms with E-state index in [9.17, 15) is 14.7 Å². The number of rotatable bonds is 3. The minimum Gasteiger partial charge on any atom is -0.479 e. The van der Waals surface area contributed by atoms with Gasteiger partial charge < -0.3 is 10.4 Å². The zero-order valence-corrected chi connectivity index (χ0v) is 13.4. The quantitative estimate of drug-likeness (QED) is 0.777. The largest absolute Gasteiger partial charge is 0.479 e. The summed E-state index contributed by atoms with van der Waals surface area (Å²) in [5.74, 6) is -0.0652. The van der Waals surface area contributed by atoms with Crippen LogP contribution in [0.4, 0.5) is 0 Å². The first-order valence-corrected chi connectivity index (χ1v) is 8.08. The van der Waals surface area contributed by atoms with Gasteiger partial charge in [-0.15, -0.1) is 0 Å². The minimum absolute atomic E-state index is 0.305. The molecule has 1 unspecified atom stereocenters. The molecule has 102 valence electrons. The van der Waals surface area contributed by atoms with Gasteiger partial charge in [0.05, 0.1) is 0 Å². The predicted molar refractivity (Wildman–Crippen MR) is 83.7 cm³/mol. The number of carboxylic acids is 1. The Morgan fingerprint density at radius 3 is 2.79 bits per heavy atom. The number of benzene rings is 1. The molecule has 0 spiro atoms. The molecule has 1 aromatic rings. The van der Waals surface area contributed by atoms with E-state index in [1.54, 1.807) is 23.9 Å². The third kappa shape index (κ3) is 2.89. The number of hydrogen-bond donors (Lipinski definition) is 2. The van der Waals surface area contributed by atoms with Crippen molar-refractivity contribution >= 4 is 46.2 Å². The number of amides is 1. The van der Waals surface area contributed by atoms with Crippen LogP contribution in [0, 0.1) is 10.5 Å². The predicted octanol–water partition coefficient (Wildman–Crippen LogP) is 2.29. The zero-order chi connectivity index (χ0) is 14.0. The Hall–Kier alpha value is -0.760. The maximum absolute atomic E-state index is 12.3. The lowest BCUT2D eigenvalue weighted by molar-refractivity contribution is -0.143. The molecule has 6 heteroatoms. The van der Waals surface area contributed by atoms with Crippen LogP contribution >= 0.6 is 34.4 Å². The van der Waals surface area contributed by atoms with Crippen LogP contribution in [0.2, 0.25) is 0 Å². The zero-order valence-electron chi connectivity index (χ0n) is 10.4. The van der Waals surface area contributed by atoms with Gasteiger partial charge in [0.1, 0.15) is 5.54 Å². The second kappa shape index (κ2) is 5.70. The van der Waals surface area contributed by atoms with Crippen LogP contribution in [0.3, 0.4) is 0 Å². The van der Waals surface area contributed by atoms with Gasteiger partial charge >= 0.3 is 5.97 Å². The molecule has 1 amide bonds. The van der Waals surface area contributed by atoms with Gasteiger partial charge in [-0.1, -0.05) is 6.07 Å². The number of carboxylic acid groups (broad SMARTS) is 1. The number of aliphatic carboxylic acids is 1. The van der Waals surface area contributed by atoms with E-state index in [1.165, 1.54) is 0 Å². The lowest BCUT2D eigenvalue weighted by Crippen LogP contribution is -2.54. The van der Waals surface area contributed by atoms with Crippen LogP contribution in [-0.4, -0.2) is 34.0 Å². The topological polar surface area (TPSA) is 66.4 Å². The maximum Gasteiger partial charge on any atom is 0.330 e. The van der Waals surface area contributed by atoms with Crippen LogP contribution in [0.25, 0.3) is 0 Å². The van der Waals surface area contributed by atoms with Crippen molar-refractivity contribution in [2.24, 2.45) is 0 Å². The van der Waals surface area contributed by atoms with Gasteiger partial charge in [-0.05, 0) is 59.4 Å². The molecule has 0 bridgehead atoms. The number of carbonyl (C=O) groups is 2. The second-order valence-corrected chi connectivity index (χ2v) is 6.82. The normalized spacial score (nSPS) is 22.2. The first-order chi connectivity index (χ1) is 8.96. The van der Waals surface area contributed by atoms with Crippen molar-refractivity contribution in [2.75, 3.05) is 11.5 Å². The first kappa shape index (κ1) is 14.6. The molecule has 1 aliphatic heterocycles. The van der Waals surface area contributed by atoms with Gasteiger partial charge in [-0.2, -0.15) is 11.8 Å². The Kier molecular flexibility index (Phi) is 4.39. The van der Waals surface area contributed by atoms with Gasteiger partial charge in [0.25, 0.3) is 5.91 Å². The van der Waals surface area contributed by atoms with E-state index < -0.39 is 11.5 Å². The lowest BCUT2D eigenvalue weighted by atomic mass is 9.98. The highest BCUT2D eigenvalue weighted by Gasteiger charge is 2.43. The number of carbonyl (C=O) groups excluding carboxylic acids is 1. The summed E-state index contributed by atoms with van der Waals surface area (Å²) in [4.78, 5) is 23.7. The number of thioether (sulfide) groups is 1. The van der Waals surface area contributed by atoms with E-state index in [2.05, 4.69) is 27.9 Å². The van der Waals surface area contributed by atoms with E-state index >= 15 is 0 Å². The summed E-state index contributed by atoms with van der Waals surface area (Å²) >= 11 is 3.72. The van der Waals surface area contributed by atoms with E-state index in [1.807, 2.05) is 13.0 Å². The van der Waals surface area contributed by atoms with E-state index in [0.29, 0.717) is 17.7 Å². The van der Waals surface area contributed by atoms with Gasteiger partial charge in [-0.3, -0.25) is 4.79 Å². The molecule has 0 radical (unpaired) electrons. The third-order valence-electron chi connectivity index (χ3n) is 3.30. The highest BCUT2D eigenvalue weighted by atomic mass is 127. The summed E-state index contributed by atoms with van der Waals surface area (Å²) in [6.07, 6.45) is 0.474. The Bertz CT molecular complexity index is 527. The van der Waals surface area contributed by atoms with E-state index in [0.717, 1.165) is 14.9 Å². The SMILES string of the molecule is Cc1c(I)cccc1C(=O)NC1(C(=O)O)CCSC1. The lowest BCUT2D eigenvalue weighted by Gasteiger charge is -2.25. The molecule has 1 heterocycles. The molecule has 0 aliphatic carbocycles. The summed E-state index contributed by atoms with van der Waals surface area (Å²) in [6.45, 7) is 1.87. The summed E-state index contributed by atoms with van der Waals surface area (Å²) in [7, 11) is 0. The van der Waals surface area contributed by atoms with Crippen LogP contribution in [-0.2, 0) is 4.79 Å². The summed E-state index contributed by atoms with van der Waals surface area (Å²) in [5, 5.41) is 12.1. The van der Waals surface area contributed by atoms with E-state index in [-0.39, 0.29) is 5.91 Å². The van der Waals surface area contributed by atoms with Crippen LogP contribution in [0.15, 0.2) is 18.2 Å². The molecule has 1 atom stereocenters. The molecule has 1 fully saturated rings. The van der Waals surface area contributed by atoms with Crippen LogP contribution < -0.4 is 5.32 Å². The van der Waals surface area contributed by atoms with Gasteiger partial charge in [0.2, 0.25) is 0 Å². The first-order valence-electron chi connectivity index (χ1n) is 5.85. The molecule has 2 rings (SSSR count). The average molecular weight is 391 g/mol. The number of halogens is 1. The summed E-state index contributed by atoms with van der Waals surface area (Å²) < 4.78 is 0.996. The Morgan fingerprint density at radius 2 is 2.21 bits per heavy atom. The third-order valence-corrected chi connectivity index (χ3v) is 5.65. The molecular formula is C13H14INO3S. The van der Waals surface area contributed by atoms with Gasteiger partial charge in [0, 0.05) is 14.9 Å². The smallest absolute Gasteiger partial charge is 0.330 e. The molecule has 19 heavy (non-hydrogen) atoms. The standard InChI is InChI=1S/C13H14INO3S/c1-8-9(3-2-4-10(8)14)11(16)15-13(12(17)18)5-6-19-7-13/h2-4H,5-7H2,1H3,(H,15,16)(H,17,18). The molecule has 1 aliphatic rings. The number of nitrogens with one attached hydrogen (secondary N) is 1. The van der Waals surface area contributed by atoms with Crippen LogP contribution in [0.1, 0.15) is 22.3 Å². The molecule has 0 aromatic heterocycles. The van der Waals surface area contributed by atoms with Crippen molar-refractivity contribution in [1.29, 1.82) is 0 Å². The monoisotopic (exact) mass is 391 g/mol. The fraction of sp³-hybridized carbons (Fsp3) is 0.385. The Morgan fingerprint density at radius 1 is 1.47 bits per heavy atom. The van der Waals surface area contributed by atoms with Crippen molar-refractivity contribution in [3.05, 3.63) is 32.9 Å². The maximum atomic E-state index is 12.3. The highest BCUT2D eigenvalue weighted by molar-refractivity contribution is 14.1. The second-order valence-electron chi connectivity index (χ2n) is 4.56. The van der Waals surface area contributed by atoms with Crippen molar-refractivity contribution in [2.45, 2.75) is 18.9 Å². The fourth-order valence-electron chi connectivity index (χ4n) is 2.02. The average Bonchev–Trinajstić information content (AvgIpc) is 2.82. The molecule has 4 nitrogen and oxygen atoms in total. The molecular weight excluding hydrogens is 377 g/mol.